The van der Waals surface area contributed by atoms with Crippen LogP contribution in [0.15, 0.2) is 30.3 Å². The molecule has 0 unspecified atom stereocenters. The highest BCUT2D eigenvalue weighted by molar-refractivity contribution is 5.97. The highest BCUT2D eigenvalue weighted by Gasteiger charge is 2.38. The molecule has 1 aromatic rings. The molecular weight excluding hydrogens is 338 g/mol. The lowest BCUT2D eigenvalue weighted by atomic mass is 10.1. The Morgan fingerprint density at radius 2 is 2.00 bits per heavy atom. The second-order valence-electron chi connectivity index (χ2n) is 6.42. The third-order valence-corrected chi connectivity index (χ3v) is 4.74. The van der Waals surface area contributed by atoms with Crippen LogP contribution in [-0.2, 0) is 19.1 Å². The molecule has 1 N–H and O–H groups in total. The summed E-state index contributed by atoms with van der Waals surface area (Å²) in [6, 6.07) is 8.95. The van der Waals surface area contributed by atoms with E-state index in [-0.39, 0.29) is 31.5 Å². The number of benzene rings is 1. The summed E-state index contributed by atoms with van der Waals surface area (Å²) < 4.78 is 5.04. The molecule has 0 bridgehead atoms. The van der Waals surface area contributed by atoms with Crippen LogP contribution in [0.2, 0.25) is 0 Å². The molecule has 0 aliphatic carbocycles. The summed E-state index contributed by atoms with van der Waals surface area (Å²) in [5.41, 5.74) is 0.991. The zero-order valence-electron chi connectivity index (χ0n) is 14.5. The van der Waals surface area contributed by atoms with Crippen molar-refractivity contribution in [3.8, 4) is 0 Å². The Morgan fingerprint density at radius 3 is 2.65 bits per heavy atom. The van der Waals surface area contributed by atoms with Crippen molar-refractivity contribution in [3.05, 3.63) is 35.9 Å². The quantitative estimate of drug-likeness (QED) is 0.781. The van der Waals surface area contributed by atoms with Gasteiger partial charge in [-0.3, -0.25) is 19.3 Å². The zero-order valence-corrected chi connectivity index (χ0v) is 14.5. The van der Waals surface area contributed by atoms with Crippen LogP contribution in [0.25, 0.3) is 0 Å². The molecule has 2 aliphatic rings. The Hall–Kier alpha value is -2.90. The van der Waals surface area contributed by atoms with Gasteiger partial charge in [-0.05, 0) is 12.5 Å². The molecule has 1 aromatic carbocycles. The molecule has 2 heterocycles. The summed E-state index contributed by atoms with van der Waals surface area (Å²) in [6.07, 6.45) is 0.0639. The number of likely N-dealkylation sites (tertiary alicyclic amines) is 1. The average Bonchev–Trinajstić information content (AvgIpc) is 3.25. The molecule has 2 saturated heterocycles. The molecule has 8 nitrogen and oxygen atoms in total. The smallest absolute Gasteiger partial charge is 0.324 e. The van der Waals surface area contributed by atoms with Gasteiger partial charge in [-0.2, -0.15) is 0 Å². The summed E-state index contributed by atoms with van der Waals surface area (Å²) in [5.74, 6) is -1.87. The molecule has 0 radical (unpaired) electrons. The Labute approximate surface area is 151 Å². The van der Waals surface area contributed by atoms with Crippen LogP contribution < -0.4 is 5.32 Å². The van der Waals surface area contributed by atoms with Gasteiger partial charge < -0.3 is 15.0 Å². The van der Waals surface area contributed by atoms with Crippen molar-refractivity contribution in [1.82, 2.24) is 15.1 Å². The Balaban J connectivity index is 1.54. The topological polar surface area (TPSA) is 96.0 Å². The Morgan fingerprint density at radius 1 is 1.27 bits per heavy atom. The molecule has 2 fully saturated rings. The van der Waals surface area contributed by atoms with Crippen molar-refractivity contribution in [1.29, 1.82) is 0 Å². The number of rotatable bonds is 5. The largest absolute Gasteiger partial charge is 0.455 e. The third-order valence-electron chi connectivity index (χ3n) is 4.74. The van der Waals surface area contributed by atoms with E-state index in [4.69, 9.17) is 4.74 Å². The van der Waals surface area contributed by atoms with Gasteiger partial charge in [0.05, 0.1) is 12.0 Å². The fourth-order valence-electron chi connectivity index (χ4n) is 3.21. The molecular formula is C18H21N3O5. The van der Waals surface area contributed by atoms with Crippen molar-refractivity contribution < 1.29 is 23.9 Å². The van der Waals surface area contributed by atoms with E-state index in [1.807, 2.05) is 37.3 Å². The second-order valence-corrected chi connectivity index (χ2v) is 6.42. The number of imide groups is 1. The molecule has 0 aromatic heterocycles. The summed E-state index contributed by atoms with van der Waals surface area (Å²) in [4.78, 5) is 50.5. The van der Waals surface area contributed by atoms with E-state index in [0.29, 0.717) is 6.54 Å². The standard InChI is InChI=1S/C18H21N3O5/c1-12(13-5-3-2-4-6-13)21-10-14(9-15(21)22)17(24)26-11-16(23)20-8-7-19-18(20)25/h2-6,12,14H,7-11H2,1H3,(H,19,25)/t12-,14-/m1/s1. The van der Waals surface area contributed by atoms with Crippen molar-refractivity contribution in [2.45, 2.75) is 19.4 Å². The molecule has 2 atom stereocenters. The third kappa shape index (κ3) is 3.68. The number of nitrogens with zero attached hydrogens (tertiary/aromatic N) is 2. The molecule has 8 heteroatoms. The molecule has 2 aliphatic heterocycles. The maximum atomic E-state index is 12.3. The number of hydrogen-bond donors (Lipinski definition) is 1. The van der Waals surface area contributed by atoms with Crippen molar-refractivity contribution in [3.63, 3.8) is 0 Å². The van der Waals surface area contributed by atoms with E-state index < -0.39 is 30.4 Å². The minimum atomic E-state index is -0.603. The lowest BCUT2D eigenvalue weighted by Gasteiger charge is -2.25. The van der Waals surface area contributed by atoms with Gasteiger partial charge in [-0.25, -0.2) is 4.79 Å². The fraction of sp³-hybridized carbons (Fsp3) is 0.444. The Kier molecular flexibility index (Phi) is 5.20. The van der Waals surface area contributed by atoms with Gasteiger partial charge in [0.2, 0.25) is 5.91 Å². The minimum absolute atomic E-state index is 0.0639. The lowest BCUT2D eigenvalue weighted by molar-refractivity contribution is -0.154. The minimum Gasteiger partial charge on any atom is -0.455 e. The predicted octanol–water partition coefficient (Wildman–Crippen LogP) is 0.691. The van der Waals surface area contributed by atoms with Crippen molar-refractivity contribution in [2.24, 2.45) is 5.92 Å². The first-order valence-electron chi connectivity index (χ1n) is 8.56. The lowest BCUT2D eigenvalue weighted by Crippen LogP contribution is -2.38. The van der Waals surface area contributed by atoms with Gasteiger partial charge in [-0.15, -0.1) is 0 Å². The van der Waals surface area contributed by atoms with E-state index >= 15 is 0 Å². The van der Waals surface area contributed by atoms with E-state index in [1.165, 1.54) is 0 Å². The number of hydrogen-bond acceptors (Lipinski definition) is 5. The molecule has 138 valence electrons. The van der Waals surface area contributed by atoms with Crippen molar-refractivity contribution in [2.75, 3.05) is 26.2 Å². The first-order chi connectivity index (χ1) is 12.5. The molecule has 0 spiro atoms. The zero-order chi connectivity index (χ0) is 18.7. The number of esters is 1. The van der Waals surface area contributed by atoms with Crippen LogP contribution in [-0.4, -0.2) is 59.9 Å². The first kappa shape index (κ1) is 17.9. The average molecular weight is 359 g/mol. The summed E-state index contributed by atoms with van der Waals surface area (Å²) in [6.45, 7) is 2.33. The van der Waals surface area contributed by atoms with Gasteiger partial charge in [0.15, 0.2) is 6.61 Å². The molecule has 3 rings (SSSR count). The van der Waals surface area contributed by atoms with Gasteiger partial charge in [0.1, 0.15) is 0 Å². The normalized spacial score (nSPS) is 20.9. The van der Waals surface area contributed by atoms with Gasteiger partial charge >= 0.3 is 12.0 Å². The highest BCUT2D eigenvalue weighted by atomic mass is 16.5. The van der Waals surface area contributed by atoms with Gasteiger partial charge in [0.25, 0.3) is 5.91 Å². The number of ether oxygens (including phenoxy) is 1. The number of nitrogens with one attached hydrogen (secondary N) is 1. The van der Waals surface area contributed by atoms with Crippen LogP contribution in [0.4, 0.5) is 4.79 Å². The number of carbonyl (C=O) groups is 4. The maximum absolute atomic E-state index is 12.3. The fourth-order valence-corrected chi connectivity index (χ4v) is 3.21. The van der Waals surface area contributed by atoms with Gasteiger partial charge in [0, 0.05) is 26.1 Å². The monoisotopic (exact) mass is 359 g/mol. The summed E-state index contributed by atoms with van der Waals surface area (Å²) >= 11 is 0. The van der Waals surface area contributed by atoms with E-state index in [2.05, 4.69) is 5.32 Å². The van der Waals surface area contributed by atoms with Crippen LogP contribution >= 0.6 is 0 Å². The van der Waals surface area contributed by atoms with E-state index in [0.717, 1.165) is 10.5 Å². The first-order valence-corrected chi connectivity index (χ1v) is 8.56. The summed E-state index contributed by atoms with van der Waals surface area (Å²) in [5, 5.41) is 2.51. The second kappa shape index (κ2) is 7.55. The van der Waals surface area contributed by atoms with Crippen LogP contribution in [0.5, 0.6) is 0 Å². The molecule has 4 amide bonds. The number of amides is 4. The van der Waals surface area contributed by atoms with Crippen molar-refractivity contribution >= 4 is 23.8 Å². The van der Waals surface area contributed by atoms with Crippen LogP contribution in [0.1, 0.15) is 24.9 Å². The number of urea groups is 1. The number of carbonyl (C=O) groups excluding carboxylic acids is 4. The maximum Gasteiger partial charge on any atom is 0.324 e. The Bertz CT molecular complexity index is 721. The molecule has 26 heavy (non-hydrogen) atoms. The highest BCUT2D eigenvalue weighted by Crippen LogP contribution is 2.28. The molecule has 0 saturated carbocycles. The SMILES string of the molecule is C[C@H](c1ccccc1)N1C[C@H](C(=O)OCC(=O)N2CCNC2=O)CC1=O. The van der Waals surface area contributed by atoms with Crippen LogP contribution in [0, 0.1) is 5.92 Å². The van der Waals surface area contributed by atoms with Gasteiger partial charge in [-0.1, -0.05) is 30.3 Å². The predicted molar refractivity (Wildman–Crippen MR) is 90.7 cm³/mol. The van der Waals surface area contributed by atoms with E-state index in [9.17, 15) is 19.2 Å². The van der Waals surface area contributed by atoms with E-state index in [1.54, 1.807) is 4.90 Å². The summed E-state index contributed by atoms with van der Waals surface area (Å²) in [7, 11) is 0. The van der Waals surface area contributed by atoms with Crippen LogP contribution in [0.3, 0.4) is 0 Å².